The average molecular weight is 447 g/mol. The molecule has 1 aliphatic rings. The van der Waals surface area contributed by atoms with E-state index in [9.17, 15) is 9.90 Å². The number of azo groups is 1. The van der Waals surface area contributed by atoms with Crippen molar-refractivity contribution in [2.24, 2.45) is 10.2 Å². The van der Waals surface area contributed by atoms with E-state index < -0.39 is 11.4 Å². The Bertz CT molecular complexity index is 1120. The molecule has 0 aromatic heterocycles. The Labute approximate surface area is 182 Å². The zero-order valence-corrected chi connectivity index (χ0v) is 17.1. The minimum absolute atomic E-state index is 0.00176. The number of benzene rings is 3. The van der Waals surface area contributed by atoms with Crippen LogP contribution < -0.4 is 4.90 Å². The molecule has 0 spiro atoms. The molecule has 1 aliphatic heterocycles. The summed E-state index contributed by atoms with van der Waals surface area (Å²) in [6.07, 6.45) is 0. The largest absolute Gasteiger partial charge is 0.508 e. The molecule has 0 aliphatic carbocycles. The second-order valence-corrected chi connectivity index (χ2v) is 7.69. The molecular weight excluding hydrogens is 433 g/mol. The first-order valence-corrected chi connectivity index (χ1v) is 9.87. The third-order valence-corrected chi connectivity index (χ3v) is 5.66. The molecule has 8 heteroatoms. The van der Waals surface area contributed by atoms with Crippen LogP contribution in [0.25, 0.3) is 0 Å². The zero-order chi connectivity index (χ0) is 20.5. The summed E-state index contributed by atoms with van der Waals surface area (Å²) in [5, 5.41) is 18.8. The van der Waals surface area contributed by atoms with Crippen molar-refractivity contribution in [3.05, 3.63) is 82.3 Å². The van der Waals surface area contributed by atoms with Crippen LogP contribution in [0.4, 0.5) is 17.1 Å². The van der Waals surface area contributed by atoms with Crippen LogP contribution in [-0.2, 0) is 4.79 Å². The molecule has 1 N–H and O–H groups in total. The zero-order valence-electron chi connectivity index (χ0n) is 14.8. The first-order chi connectivity index (χ1) is 14.0. The van der Waals surface area contributed by atoms with Crippen molar-refractivity contribution in [3.63, 3.8) is 0 Å². The van der Waals surface area contributed by atoms with E-state index >= 15 is 0 Å². The fraction of sp³-hybridized carbons (Fsp3) is 0.0952. The summed E-state index contributed by atoms with van der Waals surface area (Å²) in [4.78, 5) is 13.9. The molecule has 2 unspecified atom stereocenters. The fourth-order valence-corrected chi connectivity index (χ4v) is 3.91. The van der Waals surface area contributed by atoms with Crippen LogP contribution in [-0.4, -0.2) is 16.4 Å². The third-order valence-electron chi connectivity index (χ3n) is 4.60. The van der Waals surface area contributed by atoms with E-state index in [4.69, 9.17) is 34.8 Å². The van der Waals surface area contributed by atoms with Gasteiger partial charge in [0.2, 0.25) is 5.91 Å². The van der Waals surface area contributed by atoms with Crippen molar-refractivity contribution in [1.82, 2.24) is 0 Å². The van der Waals surface area contributed by atoms with Crippen molar-refractivity contribution < 1.29 is 9.90 Å². The number of anilines is 1. The van der Waals surface area contributed by atoms with E-state index in [0.29, 0.717) is 32.7 Å². The first kappa shape index (κ1) is 19.7. The van der Waals surface area contributed by atoms with Gasteiger partial charge in [0.15, 0.2) is 0 Å². The van der Waals surface area contributed by atoms with Gasteiger partial charge in [0, 0.05) is 5.56 Å². The van der Waals surface area contributed by atoms with E-state index in [1.807, 2.05) is 6.07 Å². The Morgan fingerprint density at radius 3 is 2.31 bits per heavy atom. The highest BCUT2D eigenvalue weighted by atomic mass is 35.5. The van der Waals surface area contributed by atoms with Crippen LogP contribution in [0.2, 0.25) is 10.0 Å². The summed E-state index contributed by atoms with van der Waals surface area (Å²) in [6, 6.07) is 18.2. The average Bonchev–Trinajstić information content (AvgIpc) is 2.73. The number of halogens is 3. The lowest BCUT2D eigenvalue weighted by molar-refractivity contribution is -0.123. The number of phenols is 1. The van der Waals surface area contributed by atoms with E-state index in [-0.39, 0.29) is 11.7 Å². The van der Waals surface area contributed by atoms with Crippen LogP contribution in [0.5, 0.6) is 5.75 Å². The summed E-state index contributed by atoms with van der Waals surface area (Å²) < 4.78 is 0. The second-order valence-electron chi connectivity index (χ2n) is 6.40. The minimum Gasteiger partial charge on any atom is -0.508 e. The quantitative estimate of drug-likeness (QED) is 0.272. The standard InChI is InChI=1S/C21H14Cl3N3O2/c22-14-5-1-3-7-16(14)26-25-12-9-10-18(28)13(11-12)20-19(24)21(29)27(20)17-8-4-2-6-15(17)23/h1-11,19-20,28H. The van der Waals surface area contributed by atoms with Gasteiger partial charge in [-0.3, -0.25) is 9.69 Å². The highest BCUT2D eigenvalue weighted by Gasteiger charge is 2.49. The summed E-state index contributed by atoms with van der Waals surface area (Å²) in [7, 11) is 0. The predicted octanol–water partition coefficient (Wildman–Crippen LogP) is 6.81. The molecule has 3 aromatic carbocycles. The number of β-lactam (4-membered cyclic amide) rings is 1. The third kappa shape index (κ3) is 3.69. The van der Waals surface area contributed by atoms with E-state index in [1.54, 1.807) is 54.6 Å². The van der Waals surface area contributed by atoms with Gasteiger partial charge in [0.05, 0.1) is 27.5 Å². The molecule has 1 fully saturated rings. The lowest BCUT2D eigenvalue weighted by Crippen LogP contribution is -2.56. The number of nitrogens with zero attached hydrogens (tertiary/aromatic N) is 3. The number of amides is 1. The van der Waals surface area contributed by atoms with E-state index in [1.165, 1.54) is 11.0 Å². The molecule has 29 heavy (non-hydrogen) atoms. The van der Waals surface area contributed by atoms with Crippen LogP contribution in [0, 0.1) is 0 Å². The van der Waals surface area contributed by atoms with Crippen molar-refractivity contribution in [2.75, 3.05) is 4.90 Å². The molecule has 146 valence electrons. The molecule has 1 heterocycles. The maximum Gasteiger partial charge on any atom is 0.248 e. The lowest BCUT2D eigenvalue weighted by Gasteiger charge is -2.45. The maximum atomic E-state index is 12.4. The SMILES string of the molecule is O=C1C(Cl)C(c2cc(N=Nc3ccccc3Cl)ccc2O)N1c1ccccc1Cl. The molecule has 0 bridgehead atoms. The highest BCUT2D eigenvalue weighted by molar-refractivity contribution is 6.39. The molecule has 1 saturated heterocycles. The van der Waals surface area contributed by atoms with Crippen molar-refractivity contribution in [2.45, 2.75) is 11.4 Å². The van der Waals surface area contributed by atoms with Gasteiger partial charge in [0.1, 0.15) is 16.8 Å². The number of aromatic hydroxyl groups is 1. The fourth-order valence-electron chi connectivity index (χ4n) is 3.15. The van der Waals surface area contributed by atoms with E-state index in [2.05, 4.69) is 10.2 Å². The number of para-hydroxylation sites is 1. The van der Waals surface area contributed by atoms with Gasteiger partial charge >= 0.3 is 0 Å². The van der Waals surface area contributed by atoms with Gasteiger partial charge in [-0.25, -0.2) is 0 Å². The topological polar surface area (TPSA) is 65.3 Å². The maximum absolute atomic E-state index is 12.4. The Hall–Kier alpha value is -2.60. The Kier molecular flexibility index (Phi) is 5.46. The number of carbonyl (C=O) groups is 1. The van der Waals surface area contributed by atoms with Crippen molar-refractivity contribution in [3.8, 4) is 5.75 Å². The molecule has 1 amide bonds. The molecular formula is C21H14Cl3N3O2. The molecule has 2 atom stereocenters. The van der Waals surface area contributed by atoms with Crippen LogP contribution >= 0.6 is 34.8 Å². The number of hydrogen-bond donors (Lipinski definition) is 1. The number of alkyl halides is 1. The number of hydrogen-bond acceptors (Lipinski definition) is 4. The highest BCUT2D eigenvalue weighted by Crippen LogP contribution is 2.47. The van der Waals surface area contributed by atoms with Crippen LogP contribution in [0.3, 0.4) is 0 Å². The van der Waals surface area contributed by atoms with Crippen LogP contribution in [0.15, 0.2) is 77.0 Å². The molecule has 0 saturated carbocycles. The molecule has 5 nitrogen and oxygen atoms in total. The second kappa shape index (κ2) is 8.03. The molecule has 4 rings (SSSR count). The summed E-state index contributed by atoms with van der Waals surface area (Å²) in [5.74, 6) is -0.283. The van der Waals surface area contributed by atoms with Gasteiger partial charge in [-0.05, 0) is 42.5 Å². The molecule has 3 aromatic rings. The number of carbonyl (C=O) groups excluding carboxylic acids is 1. The Morgan fingerprint density at radius 2 is 1.59 bits per heavy atom. The first-order valence-electron chi connectivity index (χ1n) is 8.68. The summed E-state index contributed by atoms with van der Waals surface area (Å²) in [6.45, 7) is 0. The lowest BCUT2D eigenvalue weighted by atomic mass is 9.91. The molecule has 0 radical (unpaired) electrons. The minimum atomic E-state index is -0.826. The smallest absolute Gasteiger partial charge is 0.248 e. The van der Waals surface area contributed by atoms with Gasteiger partial charge < -0.3 is 5.11 Å². The predicted molar refractivity (Wildman–Crippen MR) is 115 cm³/mol. The van der Waals surface area contributed by atoms with Gasteiger partial charge in [0.25, 0.3) is 0 Å². The normalized spacial score (nSPS) is 18.9. The van der Waals surface area contributed by atoms with Gasteiger partial charge in [-0.2, -0.15) is 5.11 Å². The Morgan fingerprint density at radius 1 is 0.897 bits per heavy atom. The Balaban J connectivity index is 1.69. The van der Waals surface area contributed by atoms with Gasteiger partial charge in [-0.15, -0.1) is 16.7 Å². The monoisotopic (exact) mass is 445 g/mol. The van der Waals surface area contributed by atoms with Crippen molar-refractivity contribution in [1.29, 1.82) is 0 Å². The number of rotatable bonds is 4. The number of phenolic OH excluding ortho intramolecular Hbond substituents is 1. The van der Waals surface area contributed by atoms with E-state index in [0.717, 1.165) is 0 Å². The van der Waals surface area contributed by atoms with Crippen molar-refractivity contribution >= 4 is 57.8 Å². The summed E-state index contributed by atoms with van der Waals surface area (Å²) >= 11 is 18.7. The van der Waals surface area contributed by atoms with Gasteiger partial charge in [-0.1, -0.05) is 47.5 Å². The van der Waals surface area contributed by atoms with Crippen LogP contribution in [0.1, 0.15) is 11.6 Å². The summed E-state index contributed by atoms with van der Waals surface area (Å²) in [5.41, 5.74) is 2.00.